The van der Waals surface area contributed by atoms with E-state index in [4.69, 9.17) is 5.11 Å². The Kier molecular flexibility index (Phi) is 6.26. The van der Waals surface area contributed by atoms with Gasteiger partial charge in [0.2, 0.25) is 10.0 Å². The second-order valence-corrected chi connectivity index (χ2v) is 8.11. The van der Waals surface area contributed by atoms with Crippen LogP contribution in [0.4, 0.5) is 0 Å². The zero-order valence-electron chi connectivity index (χ0n) is 12.3. The summed E-state index contributed by atoms with van der Waals surface area (Å²) >= 11 is 0. The van der Waals surface area contributed by atoms with Crippen LogP contribution in [0, 0.1) is 5.92 Å². The van der Waals surface area contributed by atoms with Gasteiger partial charge >= 0.3 is 0 Å². The molecule has 2 fully saturated rings. The Morgan fingerprint density at radius 2 is 1.85 bits per heavy atom. The molecule has 20 heavy (non-hydrogen) atoms. The first-order valence-corrected chi connectivity index (χ1v) is 9.55. The molecule has 2 N–H and O–H groups in total. The second kappa shape index (κ2) is 7.73. The van der Waals surface area contributed by atoms with Gasteiger partial charge < -0.3 is 10.4 Å². The quantitative estimate of drug-likeness (QED) is 0.766. The van der Waals surface area contributed by atoms with Crippen LogP contribution >= 0.6 is 0 Å². The highest BCUT2D eigenvalue weighted by molar-refractivity contribution is 7.89. The third-order valence-electron chi connectivity index (χ3n) is 4.64. The lowest BCUT2D eigenvalue weighted by atomic mass is 9.96. The second-order valence-electron chi connectivity index (χ2n) is 6.07. The standard InChI is InChI=1S/C14H28N2O3S/c17-11-6-14-3-1-2-10-16(14)20(18,19)12-7-13-4-8-15-9-5-13/h13-15,17H,1-12H2. The molecular formula is C14H28N2O3S. The molecular weight excluding hydrogens is 276 g/mol. The molecule has 118 valence electrons. The molecule has 0 saturated carbocycles. The highest BCUT2D eigenvalue weighted by Crippen LogP contribution is 2.25. The molecule has 2 aliphatic rings. The lowest BCUT2D eigenvalue weighted by molar-refractivity contribution is 0.192. The van der Waals surface area contributed by atoms with Gasteiger partial charge in [0.05, 0.1) is 5.75 Å². The van der Waals surface area contributed by atoms with Crippen LogP contribution in [0.5, 0.6) is 0 Å². The summed E-state index contributed by atoms with van der Waals surface area (Å²) in [6, 6.07) is 0.0202. The number of aliphatic hydroxyl groups excluding tert-OH is 1. The third-order valence-corrected chi connectivity index (χ3v) is 6.58. The van der Waals surface area contributed by atoms with E-state index in [1.165, 1.54) is 0 Å². The van der Waals surface area contributed by atoms with E-state index in [2.05, 4.69) is 5.32 Å². The van der Waals surface area contributed by atoms with E-state index in [1.54, 1.807) is 4.31 Å². The number of piperidine rings is 2. The fraction of sp³-hybridized carbons (Fsp3) is 1.00. The number of nitrogens with one attached hydrogen (secondary N) is 1. The van der Waals surface area contributed by atoms with Crippen LogP contribution < -0.4 is 5.32 Å². The maximum Gasteiger partial charge on any atom is 0.214 e. The Labute approximate surface area is 122 Å². The van der Waals surface area contributed by atoms with Crippen molar-refractivity contribution in [3.05, 3.63) is 0 Å². The summed E-state index contributed by atoms with van der Waals surface area (Å²) in [7, 11) is -3.15. The van der Waals surface area contributed by atoms with Crippen molar-refractivity contribution >= 4 is 10.0 Å². The fourth-order valence-electron chi connectivity index (χ4n) is 3.38. The predicted molar refractivity (Wildman–Crippen MR) is 80.0 cm³/mol. The molecule has 0 bridgehead atoms. The van der Waals surface area contributed by atoms with Crippen LogP contribution in [-0.4, -0.2) is 55.9 Å². The summed E-state index contributed by atoms with van der Waals surface area (Å²) in [5.74, 6) is 0.826. The molecule has 5 nitrogen and oxygen atoms in total. The van der Waals surface area contributed by atoms with Crippen LogP contribution in [-0.2, 0) is 10.0 Å². The zero-order chi connectivity index (χ0) is 14.4. The lowest BCUT2D eigenvalue weighted by Crippen LogP contribution is -2.45. The molecule has 1 unspecified atom stereocenters. The average Bonchev–Trinajstić information content (AvgIpc) is 2.47. The van der Waals surface area contributed by atoms with E-state index >= 15 is 0 Å². The number of sulfonamides is 1. The van der Waals surface area contributed by atoms with Gasteiger partial charge in [0.1, 0.15) is 0 Å². The van der Waals surface area contributed by atoms with Gasteiger partial charge in [0.25, 0.3) is 0 Å². The maximum absolute atomic E-state index is 12.5. The first-order valence-electron chi connectivity index (χ1n) is 7.94. The molecule has 2 saturated heterocycles. The summed E-state index contributed by atoms with van der Waals surface area (Å²) < 4.78 is 26.8. The summed E-state index contributed by atoms with van der Waals surface area (Å²) in [6.45, 7) is 2.74. The summed E-state index contributed by atoms with van der Waals surface area (Å²) in [4.78, 5) is 0. The van der Waals surface area contributed by atoms with Gasteiger partial charge in [-0.2, -0.15) is 4.31 Å². The first kappa shape index (κ1) is 16.2. The van der Waals surface area contributed by atoms with Crippen molar-refractivity contribution in [2.75, 3.05) is 32.0 Å². The third kappa shape index (κ3) is 4.41. The van der Waals surface area contributed by atoms with E-state index in [0.717, 1.165) is 51.6 Å². The van der Waals surface area contributed by atoms with Gasteiger partial charge in [-0.15, -0.1) is 0 Å². The van der Waals surface area contributed by atoms with E-state index in [9.17, 15) is 8.42 Å². The number of hydrogen-bond acceptors (Lipinski definition) is 4. The van der Waals surface area contributed by atoms with Gasteiger partial charge in [-0.3, -0.25) is 0 Å². The molecule has 1 atom stereocenters. The van der Waals surface area contributed by atoms with Gasteiger partial charge in [0.15, 0.2) is 0 Å². The predicted octanol–water partition coefficient (Wildman–Crippen LogP) is 0.943. The van der Waals surface area contributed by atoms with Gasteiger partial charge in [-0.1, -0.05) is 6.42 Å². The average molecular weight is 304 g/mol. The SMILES string of the molecule is O=S(=O)(CCC1CCNCC1)N1CCCCC1CCO. The van der Waals surface area contributed by atoms with E-state index in [-0.39, 0.29) is 18.4 Å². The Morgan fingerprint density at radius 1 is 1.10 bits per heavy atom. The van der Waals surface area contributed by atoms with Crippen molar-refractivity contribution < 1.29 is 13.5 Å². The molecule has 0 aromatic rings. The minimum absolute atomic E-state index is 0.0202. The highest BCUT2D eigenvalue weighted by atomic mass is 32.2. The van der Waals surface area contributed by atoms with E-state index in [1.807, 2.05) is 0 Å². The minimum Gasteiger partial charge on any atom is -0.396 e. The monoisotopic (exact) mass is 304 g/mol. The van der Waals surface area contributed by atoms with Crippen LogP contribution in [0.25, 0.3) is 0 Å². The van der Waals surface area contributed by atoms with Crippen LogP contribution in [0.3, 0.4) is 0 Å². The van der Waals surface area contributed by atoms with E-state index in [0.29, 0.717) is 18.9 Å². The lowest BCUT2D eigenvalue weighted by Gasteiger charge is -2.35. The fourth-order valence-corrected chi connectivity index (χ4v) is 5.32. The molecule has 0 amide bonds. The Balaban J connectivity index is 1.89. The van der Waals surface area contributed by atoms with Gasteiger partial charge in [0, 0.05) is 19.2 Å². The van der Waals surface area contributed by atoms with Crippen LogP contribution in [0.1, 0.15) is 44.9 Å². The van der Waals surface area contributed by atoms with Crippen molar-refractivity contribution in [2.45, 2.75) is 51.0 Å². The maximum atomic E-state index is 12.5. The molecule has 0 aliphatic carbocycles. The van der Waals surface area contributed by atoms with Crippen LogP contribution in [0.15, 0.2) is 0 Å². The van der Waals surface area contributed by atoms with E-state index < -0.39 is 10.0 Å². The molecule has 0 radical (unpaired) electrons. The largest absolute Gasteiger partial charge is 0.396 e. The normalized spacial score (nSPS) is 26.8. The molecule has 2 aliphatic heterocycles. The zero-order valence-corrected chi connectivity index (χ0v) is 13.1. The Bertz CT molecular complexity index is 378. The number of nitrogens with zero attached hydrogens (tertiary/aromatic N) is 1. The van der Waals surface area contributed by atoms with Crippen LogP contribution in [0.2, 0.25) is 0 Å². The summed E-state index contributed by atoms with van der Waals surface area (Å²) in [6.07, 6.45) is 6.47. The molecule has 0 spiro atoms. The van der Waals surface area contributed by atoms with Gasteiger partial charge in [-0.25, -0.2) is 8.42 Å². The van der Waals surface area contributed by atoms with Crippen molar-refractivity contribution in [3.63, 3.8) is 0 Å². The smallest absolute Gasteiger partial charge is 0.214 e. The Morgan fingerprint density at radius 3 is 2.55 bits per heavy atom. The van der Waals surface area contributed by atoms with Crippen molar-refractivity contribution in [2.24, 2.45) is 5.92 Å². The van der Waals surface area contributed by atoms with Crippen molar-refractivity contribution in [1.29, 1.82) is 0 Å². The molecule has 6 heteroatoms. The number of rotatable bonds is 6. The molecule has 0 aromatic heterocycles. The van der Waals surface area contributed by atoms with Gasteiger partial charge in [-0.05, 0) is 57.5 Å². The van der Waals surface area contributed by atoms with Crippen molar-refractivity contribution in [3.8, 4) is 0 Å². The summed E-state index contributed by atoms with van der Waals surface area (Å²) in [5, 5.41) is 12.4. The topological polar surface area (TPSA) is 69.6 Å². The first-order chi connectivity index (χ1) is 9.63. The molecule has 0 aromatic carbocycles. The molecule has 2 rings (SSSR count). The molecule has 2 heterocycles. The highest BCUT2D eigenvalue weighted by Gasteiger charge is 2.32. The Hall–Kier alpha value is -0.170. The minimum atomic E-state index is -3.15. The van der Waals surface area contributed by atoms with Crippen molar-refractivity contribution in [1.82, 2.24) is 9.62 Å². The summed E-state index contributed by atoms with van der Waals surface area (Å²) in [5.41, 5.74) is 0. The number of hydrogen-bond donors (Lipinski definition) is 2. The number of aliphatic hydroxyl groups is 1.